The number of rotatable bonds is 1. The van der Waals surface area contributed by atoms with E-state index in [0.717, 1.165) is 11.1 Å². The highest BCUT2D eigenvalue weighted by Crippen LogP contribution is 2.56. The van der Waals surface area contributed by atoms with E-state index in [2.05, 4.69) is 0 Å². The Bertz CT molecular complexity index is 716. The van der Waals surface area contributed by atoms with Crippen molar-refractivity contribution in [2.24, 2.45) is 0 Å². The van der Waals surface area contributed by atoms with Crippen LogP contribution in [0.2, 0.25) is 0 Å². The van der Waals surface area contributed by atoms with Crippen molar-refractivity contribution < 1.29 is 24.2 Å². The largest absolute Gasteiger partial charge is 0.504 e. The van der Waals surface area contributed by atoms with Gasteiger partial charge in [-0.05, 0) is 31.4 Å². The predicted molar refractivity (Wildman–Crippen MR) is 85.1 cm³/mol. The molecular formula is C18H21NO5. The molecule has 128 valence electrons. The minimum atomic E-state index is -0.319. The van der Waals surface area contributed by atoms with Gasteiger partial charge in [0.05, 0.1) is 6.61 Å². The first-order valence-corrected chi connectivity index (χ1v) is 8.50. The third kappa shape index (κ3) is 2.08. The van der Waals surface area contributed by atoms with Gasteiger partial charge in [0, 0.05) is 36.9 Å². The maximum absolute atomic E-state index is 12.2. The number of phenols is 1. The highest BCUT2D eigenvalue weighted by molar-refractivity contribution is 5.81. The van der Waals surface area contributed by atoms with Gasteiger partial charge in [-0.15, -0.1) is 0 Å². The molecule has 24 heavy (non-hydrogen) atoms. The summed E-state index contributed by atoms with van der Waals surface area (Å²) >= 11 is 0. The molecule has 1 saturated carbocycles. The lowest BCUT2D eigenvalue weighted by atomic mass is 9.65. The van der Waals surface area contributed by atoms with Gasteiger partial charge in [-0.1, -0.05) is 6.07 Å². The summed E-state index contributed by atoms with van der Waals surface area (Å²) in [7, 11) is 0. The third-order valence-corrected chi connectivity index (χ3v) is 5.58. The second-order valence-corrected chi connectivity index (χ2v) is 6.82. The van der Waals surface area contributed by atoms with E-state index < -0.39 is 0 Å². The van der Waals surface area contributed by atoms with Crippen molar-refractivity contribution in [2.45, 2.75) is 50.7 Å². The summed E-state index contributed by atoms with van der Waals surface area (Å²) in [4.78, 5) is 25.8. The number of nitrogens with zero attached hydrogens (tertiary/aromatic N) is 1. The molecule has 2 heterocycles. The molecule has 6 nitrogen and oxygen atoms in total. The van der Waals surface area contributed by atoms with Crippen LogP contribution in [0.5, 0.6) is 11.5 Å². The normalized spacial score (nSPS) is 27.8. The minimum absolute atomic E-state index is 0.111. The molecule has 1 N–H and O–H groups in total. The van der Waals surface area contributed by atoms with E-state index in [1.54, 1.807) is 17.9 Å². The van der Waals surface area contributed by atoms with Crippen molar-refractivity contribution in [1.29, 1.82) is 0 Å². The molecular weight excluding hydrogens is 310 g/mol. The highest BCUT2D eigenvalue weighted by Gasteiger charge is 2.54. The molecule has 0 radical (unpaired) electrons. The summed E-state index contributed by atoms with van der Waals surface area (Å²) < 4.78 is 11.2. The van der Waals surface area contributed by atoms with Crippen molar-refractivity contribution in [3.8, 4) is 11.5 Å². The van der Waals surface area contributed by atoms with Gasteiger partial charge in [-0.3, -0.25) is 4.79 Å². The number of Topliss-reactive ketones (excluding diaryl/α,β-unsaturated/α-hetero) is 1. The zero-order valence-corrected chi connectivity index (χ0v) is 13.7. The molecule has 0 aromatic heterocycles. The van der Waals surface area contributed by atoms with Crippen LogP contribution >= 0.6 is 0 Å². The molecule has 1 spiro atoms. The van der Waals surface area contributed by atoms with Gasteiger partial charge < -0.3 is 19.5 Å². The molecule has 6 heteroatoms. The summed E-state index contributed by atoms with van der Waals surface area (Å²) in [6.45, 7) is 3.13. The van der Waals surface area contributed by atoms with E-state index in [0.29, 0.717) is 51.1 Å². The second kappa shape index (κ2) is 5.40. The lowest BCUT2D eigenvalue weighted by Crippen LogP contribution is -2.45. The van der Waals surface area contributed by atoms with Crippen molar-refractivity contribution in [1.82, 2.24) is 4.90 Å². The van der Waals surface area contributed by atoms with E-state index in [1.165, 1.54) is 0 Å². The zero-order valence-electron chi connectivity index (χ0n) is 13.7. The number of hydrogen-bond donors (Lipinski definition) is 1. The fourth-order valence-corrected chi connectivity index (χ4v) is 4.42. The van der Waals surface area contributed by atoms with Crippen LogP contribution in [0, 0.1) is 0 Å². The molecule has 1 amide bonds. The van der Waals surface area contributed by atoms with Gasteiger partial charge in [-0.2, -0.15) is 0 Å². The van der Waals surface area contributed by atoms with Crippen molar-refractivity contribution in [3.05, 3.63) is 23.3 Å². The fourth-order valence-electron chi connectivity index (χ4n) is 4.42. The topological polar surface area (TPSA) is 76.1 Å². The molecule has 2 aliphatic heterocycles. The molecule has 0 bridgehead atoms. The smallest absolute Gasteiger partial charge is 0.410 e. The van der Waals surface area contributed by atoms with Crippen LogP contribution in [0.1, 0.15) is 43.7 Å². The molecule has 3 aliphatic rings. The van der Waals surface area contributed by atoms with Crippen LogP contribution in [0.3, 0.4) is 0 Å². The number of carbonyl (C=O) groups excluding carboxylic acids is 2. The summed E-state index contributed by atoms with van der Waals surface area (Å²) in [6, 6.07) is 3.46. The van der Waals surface area contributed by atoms with Gasteiger partial charge in [0.1, 0.15) is 11.9 Å². The first kappa shape index (κ1) is 15.3. The molecule has 2 atom stereocenters. The quantitative estimate of drug-likeness (QED) is 0.856. The Hall–Kier alpha value is -2.24. The summed E-state index contributed by atoms with van der Waals surface area (Å²) in [5.41, 5.74) is 1.68. The van der Waals surface area contributed by atoms with Gasteiger partial charge in [0.2, 0.25) is 0 Å². The standard InChI is InChI=1S/C18H21NO5/c1-2-23-17(22)19-8-7-18-6-5-12(20)9-14(18)24-16-13(21)4-3-11(10-19)15(16)18/h3-4,14,21H,2,5-10H2,1H3/t14-,18-/m0/s1. The van der Waals surface area contributed by atoms with Crippen LogP contribution < -0.4 is 4.74 Å². The summed E-state index contributed by atoms with van der Waals surface area (Å²) in [5.74, 6) is 0.809. The molecule has 1 aromatic rings. The van der Waals surface area contributed by atoms with Gasteiger partial charge in [0.25, 0.3) is 0 Å². The van der Waals surface area contributed by atoms with E-state index in [-0.39, 0.29) is 29.1 Å². The third-order valence-electron chi connectivity index (χ3n) is 5.58. The van der Waals surface area contributed by atoms with Crippen LogP contribution in [0.4, 0.5) is 4.79 Å². The molecule has 1 aromatic carbocycles. The zero-order chi connectivity index (χ0) is 16.9. The molecule has 1 aliphatic carbocycles. The highest BCUT2D eigenvalue weighted by atomic mass is 16.6. The van der Waals surface area contributed by atoms with Crippen LogP contribution in [-0.2, 0) is 21.5 Å². The Morgan fingerprint density at radius 2 is 2.29 bits per heavy atom. The van der Waals surface area contributed by atoms with Crippen LogP contribution in [-0.4, -0.2) is 41.1 Å². The van der Waals surface area contributed by atoms with E-state index >= 15 is 0 Å². The van der Waals surface area contributed by atoms with E-state index in [1.807, 2.05) is 6.07 Å². The van der Waals surface area contributed by atoms with Crippen LogP contribution in [0.25, 0.3) is 0 Å². The van der Waals surface area contributed by atoms with E-state index in [4.69, 9.17) is 9.47 Å². The number of aromatic hydroxyl groups is 1. The molecule has 4 rings (SSSR count). The summed E-state index contributed by atoms with van der Waals surface area (Å²) in [6.07, 6.45) is 1.74. The first-order valence-electron chi connectivity index (χ1n) is 8.50. The lowest BCUT2D eigenvalue weighted by molar-refractivity contribution is -0.124. The van der Waals surface area contributed by atoms with Crippen molar-refractivity contribution in [2.75, 3.05) is 13.2 Å². The maximum Gasteiger partial charge on any atom is 0.410 e. The first-order chi connectivity index (χ1) is 11.5. The SMILES string of the molecule is CCOC(=O)N1CC[C@@]23CCC(=O)C[C@@H]2Oc2c(O)ccc(c23)C1. The number of hydrogen-bond acceptors (Lipinski definition) is 5. The predicted octanol–water partition coefficient (Wildman–Crippen LogP) is 2.51. The molecule has 1 fully saturated rings. The number of amides is 1. The summed E-state index contributed by atoms with van der Waals surface area (Å²) in [5, 5.41) is 10.2. The number of benzene rings is 1. The molecule has 0 unspecified atom stereocenters. The Morgan fingerprint density at radius 3 is 3.08 bits per heavy atom. The minimum Gasteiger partial charge on any atom is -0.504 e. The number of carbonyl (C=O) groups is 2. The second-order valence-electron chi connectivity index (χ2n) is 6.82. The Labute approximate surface area is 140 Å². The Morgan fingerprint density at radius 1 is 1.46 bits per heavy atom. The average Bonchev–Trinajstić information content (AvgIpc) is 2.79. The van der Waals surface area contributed by atoms with E-state index in [9.17, 15) is 14.7 Å². The Balaban J connectivity index is 1.79. The fraction of sp³-hybridized carbons (Fsp3) is 0.556. The number of phenolic OH excluding ortho intramolecular Hbond substituents is 1. The average molecular weight is 331 g/mol. The number of ketones is 1. The van der Waals surface area contributed by atoms with Crippen molar-refractivity contribution in [3.63, 3.8) is 0 Å². The van der Waals surface area contributed by atoms with Gasteiger partial charge in [0.15, 0.2) is 11.5 Å². The Kier molecular flexibility index (Phi) is 3.44. The van der Waals surface area contributed by atoms with Crippen LogP contribution in [0.15, 0.2) is 12.1 Å². The monoisotopic (exact) mass is 331 g/mol. The molecule has 0 saturated heterocycles. The number of ether oxygens (including phenoxy) is 2. The van der Waals surface area contributed by atoms with Gasteiger partial charge >= 0.3 is 6.09 Å². The lowest BCUT2D eigenvalue weighted by Gasteiger charge is -2.37. The maximum atomic E-state index is 12.2. The van der Waals surface area contributed by atoms with Crippen molar-refractivity contribution >= 4 is 11.9 Å². The van der Waals surface area contributed by atoms with Gasteiger partial charge in [-0.25, -0.2) is 4.79 Å².